The van der Waals surface area contributed by atoms with Gasteiger partial charge in [0, 0.05) is 0 Å². The highest BCUT2D eigenvalue weighted by molar-refractivity contribution is 4.78. The lowest BCUT2D eigenvalue weighted by Crippen LogP contribution is -2.23. The molecule has 0 heterocycles. The number of hydrogen-bond donors (Lipinski definition) is 0. The molecule has 1 aliphatic rings. The van der Waals surface area contributed by atoms with Crippen LogP contribution in [0.15, 0.2) is 0 Å². The van der Waals surface area contributed by atoms with Crippen molar-refractivity contribution in [1.29, 1.82) is 0 Å². The van der Waals surface area contributed by atoms with Crippen molar-refractivity contribution in [3.63, 3.8) is 0 Å². The van der Waals surface area contributed by atoms with Crippen LogP contribution in [0.2, 0.25) is 0 Å². The summed E-state index contributed by atoms with van der Waals surface area (Å²) in [6, 6.07) is 0. The van der Waals surface area contributed by atoms with Gasteiger partial charge in [-0.25, -0.2) is 0 Å². The molecule has 0 spiro atoms. The smallest absolute Gasteiger partial charge is 0.0383 e. The Kier molecular flexibility index (Phi) is 8.80. The van der Waals surface area contributed by atoms with Gasteiger partial charge in [0.05, 0.1) is 0 Å². The van der Waals surface area contributed by atoms with E-state index in [0.29, 0.717) is 0 Å². The molecule has 18 heavy (non-hydrogen) atoms. The zero-order valence-corrected chi connectivity index (χ0v) is 13.2. The minimum Gasteiger partial charge on any atom is -0.0654 e. The molecule has 0 aliphatic heterocycles. The van der Waals surface area contributed by atoms with Crippen LogP contribution in [0.4, 0.5) is 0 Å². The third kappa shape index (κ3) is 5.76. The van der Waals surface area contributed by atoms with Crippen LogP contribution in [0.5, 0.6) is 0 Å². The molecule has 0 radical (unpaired) electrons. The van der Waals surface area contributed by atoms with Gasteiger partial charge >= 0.3 is 0 Å². The van der Waals surface area contributed by atoms with Crippen molar-refractivity contribution < 1.29 is 0 Å². The molecular formula is C18H36. The predicted octanol–water partition coefficient (Wildman–Crippen LogP) is 6.59. The van der Waals surface area contributed by atoms with Gasteiger partial charge in [-0.2, -0.15) is 0 Å². The third-order valence-corrected chi connectivity index (χ3v) is 5.02. The van der Waals surface area contributed by atoms with Gasteiger partial charge in [0.1, 0.15) is 0 Å². The fraction of sp³-hybridized carbons (Fsp3) is 1.00. The van der Waals surface area contributed by atoms with E-state index in [1.54, 1.807) is 6.42 Å². The zero-order valence-electron chi connectivity index (χ0n) is 13.2. The Bertz CT molecular complexity index is 180. The van der Waals surface area contributed by atoms with Gasteiger partial charge in [-0.3, -0.25) is 0 Å². The van der Waals surface area contributed by atoms with Gasteiger partial charge < -0.3 is 0 Å². The van der Waals surface area contributed by atoms with E-state index >= 15 is 0 Å². The Labute approximate surface area is 116 Å². The summed E-state index contributed by atoms with van der Waals surface area (Å²) in [5, 5.41) is 0. The molecule has 0 aromatic rings. The van der Waals surface area contributed by atoms with Crippen LogP contribution in [-0.4, -0.2) is 0 Å². The molecule has 1 saturated carbocycles. The maximum absolute atomic E-state index is 2.37. The number of unbranched alkanes of at least 4 members (excludes halogenated alkanes) is 2. The van der Waals surface area contributed by atoms with E-state index in [1.807, 2.05) is 0 Å². The van der Waals surface area contributed by atoms with Crippen LogP contribution < -0.4 is 0 Å². The van der Waals surface area contributed by atoms with Gasteiger partial charge in [-0.05, 0) is 24.2 Å². The highest BCUT2D eigenvalue weighted by Crippen LogP contribution is 2.39. The fourth-order valence-corrected chi connectivity index (χ4v) is 4.07. The molecule has 0 aromatic heterocycles. The summed E-state index contributed by atoms with van der Waals surface area (Å²) in [4.78, 5) is 0. The first kappa shape index (κ1) is 16.1. The molecule has 108 valence electrons. The summed E-state index contributed by atoms with van der Waals surface area (Å²) < 4.78 is 0. The fourth-order valence-electron chi connectivity index (χ4n) is 4.07. The first-order valence-electron chi connectivity index (χ1n) is 8.81. The van der Waals surface area contributed by atoms with E-state index in [9.17, 15) is 0 Å². The Balaban J connectivity index is 2.39. The van der Waals surface area contributed by atoms with Crippen molar-refractivity contribution in [1.82, 2.24) is 0 Å². The molecule has 3 atom stereocenters. The Morgan fingerprint density at radius 2 is 1.72 bits per heavy atom. The molecule has 0 saturated heterocycles. The van der Waals surface area contributed by atoms with E-state index in [1.165, 1.54) is 70.6 Å². The third-order valence-electron chi connectivity index (χ3n) is 5.02. The second kappa shape index (κ2) is 9.87. The van der Waals surface area contributed by atoms with Crippen molar-refractivity contribution in [3.05, 3.63) is 0 Å². The lowest BCUT2D eigenvalue weighted by molar-refractivity contribution is 0.169. The average Bonchev–Trinajstić information content (AvgIpc) is 2.39. The predicted molar refractivity (Wildman–Crippen MR) is 82.9 cm³/mol. The monoisotopic (exact) mass is 252 g/mol. The van der Waals surface area contributed by atoms with Crippen LogP contribution in [0.25, 0.3) is 0 Å². The van der Waals surface area contributed by atoms with Crippen molar-refractivity contribution in [2.45, 2.75) is 97.8 Å². The maximum Gasteiger partial charge on any atom is -0.0383 e. The van der Waals surface area contributed by atoms with Gasteiger partial charge in [0.15, 0.2) is 0 Å². The van der Waals surface area contributed by atoms with Crippen LogP contribution in [0.1, 0.15) is 97.8 Å². The van der Waals surface area contributed by atoms with Gasteiger partial charge in [0.25, 0.3) is 0 Å². The molecule has 1 fully saturated rings. The summed E-state index contributed by atoms with van der Waals surface area (Å²) in [6.45, 7) is 7.06. The summed E-state index contributed by atoms with van der Waals surface area (Å²) >= 11 is 0. The van der Waals surface area contributed by atoms with E-state index in [-0.39, 0.29) is 0 Å². The number of hydrogen-bond acceptors (Lipinski definition) is 0. The van der Waals surface area contributed by atoms with E-state index < -0.39 is 0 Å². The highest BCUT2D eigenvalue weighted by atomic mass is 14.3. The normalized spacial score (nSPS) is 26.2. The van der Waals surface area contributed by atoms with Crippen LogP contribution in [-0.2, 0) is 0 Å². The second-order valence-corrected chi connectivity index (χ2v) is 6.63. The van der Waals surface area contributed by atoms with Crippen LogP contribution >= 0.6 is 0 Å². The van der Waals surface area contributed by atoms with Gasteiger partial charge in [-0.1, -0.05) is 91.4 Å². The van der Waals surface area contributed by atoms with E-state index in [4.69, 9.17) is 0 Å². The molecule has 0 aromatic carbocycles. The van der Waals surface area contributed by atoms with Crippen molar-refractivity contribution in [3.8, 4) is 0 Å². The van der Waals surface area contributed by atoms with Crippen LogP contribution in [0.3, 0.4) is 0 Å². The molecule has 0 heteroatoms. The SMILES string of the molecule is CCCCCC(CCC)C1CCCC(CCC)C1. The molecule has 3 unspecified atom stereocenters. The maximum atomic E-state index is 2.37. The van der Waals surface area contributed by atoms with Crippen molar-refractivity contribution in [2.24, 2.45) is 17.8 Å². The highest BCUT2D eigenvalue weighted by Gasteiger charge is 2.27. The van der Waals surface area contributed by atoms with Crippen LogP contribution in [0, 0.1) is 17.8 Å². The summed E-state index contributed by atoms with van der Waals surface area (Å²) in [7, 11) is 0. The van der Waals surface area contributed by atoms with E-state index in [2.05, 4.69) is 20.8 Å². The van der Waals surface area contributed by atoms with Gasteiger partial charge in [-0.15, -0.1) is 0 Å². The molecule has 1 rings (SSSR count). The second-order valence-electron chi connectivity index (χ2n) is 6.63. The first-order valence-corrected chi connectivity index (χ1v) is 8.81. The molecule has 0 bridgehead atoms. The lowest BCUT2D eigenvalue weighted by Gasteiger charge is -2.35. The summed E-state index contributed by atoms with van der Waals surface area (Å²) in [5.74, 6) is 3.20. The first-order chi connectivity index (χ1) is 8.81. The summed E-state index contributed by atoms with van der Waals surface area (Å²) in [5.41, 5.74) is 0. The average molecular weight is 252 g/mol. The van der Waals surface area contributed by atoms with Crippen molar-refractivity contribution >= 4 is 0 Å². The zero-order chi connectivity index (χ0) is 13.2. The summed E-state index contributed by atoms with van der Waals surface area (Å²) in [6.07, 6.45) is 17.7. The Morgan fingerprint density at radius 1 is 0.889 bits per heavy atom. The Hall–Kier alpha value is 0. The minimum atomic E-state index is 1.06. The molecule has 0 amide bonds. The standard InChI is InChI=1S/C18H36/c1-4-7-8-13-17(11-6-3)18-14-9-12-16(15-18)10-5-2/h16-18H,4-15H2,1-3H3. The van der Waals surface area contributed by atoms with E-state index in [0.717, 1.165) is 17.8 Å². The molecule has 0 nitrogen and oxygen atoms in total. The lowest BCUT2D eigenvalue weighted by atomic mass is 9.71. The molecular weight excluding hydrogens is 216 g/mol. The number of rotatable bonds is 9. The molecule has 0 N–H and O–H groups in total. The minimum absolute atomic E-state index is 1.06. The molecule has 1 aliphatic carbocycles. The largest absolute Gasteiger partial charge is 0.0654 e. The quantitative estimate of drug-likeness (QED) is 0.406. The Morgan fingerprint density at radius 3 is 2.39 bits per heavy atom. The van der Waals surface area contributed by atoms with Crippen molar-refractivity contribution in [2.75, 3.05) is 0 Å². The topological polar surface area (TPSA) is 0 Å². The van der Waals surface area contributed by atoms with Gasteiger partial charge in [0.2, 0.25) is 0 Å².